The molecule has 1 aromatic rings. The Labute approximate surface area is 113 Å². The fourth-order valence-electron chi connectivity index (χ4n) is 2.55. The van der Waals surface area contributed by atoms with Crippen molar-refractivity contribution in [2.45, 2.75) is 44.2 Å². The minimum absolute atomic E-state index is 0.0533. The number of carbonyl (C=O) groups is 1. The molecule has 19 heavy (non-hydrogen) atoms. The molecule has 0 saturated heterocycles. The molecule has 1 saturated carbocycles. The monoisotopic (exact) mass is 263 g/mol. The average Bonchev–Trinajstić information content (AvgIpc) is 2.55. The van der Waals surface area contributed by atoms with Crippen LogP contribution < -0.4 is 16.8 Å². The highest BCUT2D eigenvalue weighted by Crippen LogP contribution is 2.25. The molecule has 5 nitrogen and oxygen atoms in total. The highest BCUT2D eigenvalue weighted by atomic mass is 16.3. The molecule has 2 unspecified atom stereocenters. The van der Waals surface area contributed by atoms with E-state index in [1.165, 1.54) is 0 Å². The van der Waals surface area contributed by atoms with Crippen LogP contribution in [0.2, 0.25) is 0 Å². The first-order valence-electron chi connectivity index (χ1n) is 6.72. The molecule has 5 heteroatoms. The molecule has 0 bridgehead atoms. The fraction of sp³-hybridized carbons (Fsp3) is 0.500. The van der Waals surface area contributed by atoms with Crippen molar-refractivity contribution < 1.29 is 9.90 Å². The first-order valence-corrected chi connectivity index (χ1v) is 6.72. The normalized spacial score (nSPS) is 23.6. The predicted molar refractivity (Wildman–Crippen MR) is 75.9 cm³/mol. The molecule has 0 spiro atoms. The second-order valence-corrected chi connectivity index (χ2v) is 5.13. The summed E-state index contributed by atoms with van der Waals surface area (Å²) >= 11 is 0. The van der Waals surface area contributed by atoms with Crippen LogP contribution in [0.1, 0.15) is 42.5 Å². The van der Waals surface area contributed by atoms with Gasteiger partial charge >= 0.3 is 0 Å². The second-order valence-electron chi connectivity index (χ2n) is 5.13. The summed E-state index contributed by atoms with van der Waals surface area (Å²) in [7, 11) is 0. The smallest absolute Gasteiger partial charge is 0.250 e. The highest BCUT2D eigenvalue weighted by Gasteiger charge is 2.22. The quantitative estimate of drug-likeness (QED) is 0.490. The highest BCUT2D eigenvalue weighted by molar-refractivity contribution is 5.99. The second kappa shape index (κ2) is 5.93. The zero-order chi connectivity index (χ0) is 13.8. The van der Waals surface area contributed by atoms with Gasteiger partial charge in [-0.3, -0.25) is 4.79 Å². The minimum atomic E-state index is -0.495. The van der Waals surface area contributed by atoms with Crippen molar-refractivity contribution in [2.24, 2.45) is 5.73 Å². The topological polar surface area (TPSA) is 101 Å². The van der Waals surface area contributed by atoms with Gasteiger partial charge in [0.15, 0.2) is 0 Å². The summed E-state index contributed by atoms with van der Waals surface area (Å²) in [5.74, 6) is -0.495. The molecule has 2 rings (SSSR count). The lowest BCUT2D eigenvalue weighted by Crippen LogP contribution is -2.33. The first-order chi connectivity index (χ1) is 9.08. The number of aliphatic hydroxyl groups excluding tert-OH is 1. The van der Waals surface area contributed by atoms with Crippen LogP contribution >= 0.6 is 0 Å². The third-order valence-corrected chi connectivity index (χ3v) is 3.63. The Morgan fingerprint density at radius 3 is 2.74 bits per heavy atom. The van der Waals surface area contributed by atoms with Crippen LogP contribution in [0, 0.1) is 0 Å². The van der Waals surface area contributed by atoms with Gasteiger partial charge in [-0.25, -0.2) is 0 Å². The Morgan fingerprint density at radius 1 is 1.26 bits per heavy atom. The van der Waals surface area contributed by atoms with Gasteiger partial charge in [0, 0.05) is 11.4 Å². The molecule has 0 aliphatic heterocycles. The minimum Gasteiger partial charge on any atom is -0.399 e. The lowest BCUT2D eigenvalue weighted by molar-refractivity contribution is 0.100. The van der Waals surface area contributed by atoms with Crippen molar-refractivity contribution in [3.63, 3.8) is 0 Å². The number of hydrogen-bond donors (Lipinski definition) is 4. The molecule has 1 aliphatic rings. The summed E-state index contributed by atoms with van der Waals surface area (Å²) in [6.07, 6.45) is 4.52. The van der Waals surface area contributed by atoms with E-state index in [2.05, 4.69) is 5.32 Å². The molecule has 104 valence electrons. The van der Waals surface area contributed by atoms with Gasteiger partial charge in [-0.2, -0.15) is 0 Å². The van der Waals surface area contributed by atoms with E-state index < -0.39 is 12.0 Å². The van der Waals surface area contributed by atoms with Crippen LogP contribution in [0.5, 0.6) is 0 Å². The van der Waals surface area contributed by atoms with Crippen molar-refractivity contribution in [1.29, 1.82) is 0 Å². The Hall–Kier alpha value is -1.75. The van der Waals surface area contributed by atoms with E-state index in [9.17, 15) is 9.90 Å². The van der Waals surface area contributed by atoms with E-state index in [-0.39, 0.29) is 6.04 Å². The fourth-order valence-corrected chi connectivity index (χ4v) is 2.55. The SMILES string of the molecule is NC(=O)c1ccc(N)cc1NC1CCCCCC1O. The van der Waals surface area contributed by atoms with E-state index in [1.54, 1.807) is 18.2 Å². The molecule has 0 aromatic heterocycles. The van der Waals surface area contributed by atoms with Crippen LogP contribution in [-0.4, -0.2) is 23.2 Å². The number of nitrogen functional groups attached to an aromatic ring is 1. The van der Waals surface area contributed by atoms with Gasteiger partial charge in [0.25, 0.3) is 5.91 Å². The molecule has 0 heterocycles. The summed E-state index contributed by atoms with van der Waals surface area (Å²) in [4.78, 5) is 11.4. The van der Waals surface area contributed by atoms with Crippen LogP contribution in [0.15, 0.2) is 18.2 Å². The number of primary amides is 1. The zero-order valence-electron chi connectivity index (χ0n) is 10.9. The van der Waals surface area contributed by atoms with E-state index in [0.717, 1.165) is 32.1 Å². The summed E-state index contributed by atoms with van der Waals surface area (Å²) in [6.45, 7) is 0. The largest absolute Gasteiger partial charge is 0.399 e. The summed E-state index contributed by atoms with van der Waals surface area (Å²) < 4.78 is 0. The van der Waals surface area contributed by atoms with Gasteiger partial charge in [-0.1, -0.05) is 19.3 Å². The van der Waals surface area contributed by atoms with Crippen molar-refractivity contribution in [1.82, 2.24) is 0 Å². The summed E-state index contributed by atoms with van der Waals surface area (Å²) in [5.41, 5.74) is 12.7. The molecule has 1 amide bonds. The van der Waals surface area contributed by atoms with Crippen LogP contribution in [-0.2, 0) is 0 Å². The van der Waals surface area contributed by atoms with Gasteiger partial charge in [0.05, 0.1) is 17.7 Å². The third-order valence-electron chi connectivity index (χ3n) is 3.63. The number of rotatable bonds is 3. The third kappa shape index (κ3) is 3.38. The number of nitrogens with one attached hydrogen (secondary N) is 1. The number of nitrogens with two attached hydrogens (primary N) is 2. The lowest BCUT2D eigenvalue weighted by Gasteiger charge is -2.24. The van der Waals surface area contributed by atoms with E-state index in [4.69, 9.17) is 11.5 Å². The standard InChI is InChI=1S/C14H21N3O2/c15-9-6-7-10(14(16)19)12(8-9)17-11-4-2-1-3-5-13(11)18/h6-8,11,13,17-18H,1-5,15H2,(H2,16,19). The van der Waals surface area contributed by atoms with Gasteiger partial charge in [-0.05, 0) is 31.0 Å². The van der Waals surface area contributed by atoms with Gasteiger partial charge in [-0.15, -0.1) is 0 Å². The number of carbonyl (C=O) groups excluding carboxylic acids is 1. The summed E-state index contributed by atoms with van der Waals surface area (Å²) in [5, 5.41) is 13.3. The van der Waals surface area contributed by atoms with Gasteiger partial charge in [0.2, 0.25) is 0 Å². The zero-order valence-corrected chi connectivity index (χ0v) is 10.9. The van der Waals surface area contributed by atoms with Gasteiger partial charge < -0.3 is 21.9 Å². The van der Waals surface area contributed by atoms with E-state index in [0.29, 0.717) is 16.9 Å². The van der Waals surface area contributed by atoms with Crippen molar-refractivity contribution >= 4 is 17.3 Å². The number of anilines is 2. The van der Waals surface area contributed by atoms with E-state index >= 15 is 0 Å². The number of benzene rings is 1. The lowest BCUT2D eigenvalue weighted by atomic mass is 10.0. The predicted octanol–water partition coefficient (Wildman–Crippen LogP) is 1.47. The Balaban J connectivity index is 2.21. The van der Waals surface area contributed by atoms with E-state index in [1.807, 2.05) is 0 Å². The summed E-state index contributed by atoms with van der Waals surface area (Å²) in [6, 6.07) is 4.90. The Bertz CT molecular complexity index is 462. The molecular weight excluding hydrogens is 242 g/mol. The molecule has 0 radical (unpaired) electrons. The number of aliphatic hydroxyl groups is 1. The first kappa shape index (κ1) is 13.7. The molecular formula is C14H21N3O2. The van der Waals surface area contributed by atoms with Crippen LogP contribution in [0.4, 0.5) is 11.4 Å². The molecule has 1 aliphatic carbocycles. The molecule has 1 fully saturated rings. The van der Waals surface area contributed by atoms with Crippen molar-refractivity contribution in [3.05, 3.63) is 23.8 Å². The number of amides is 1. The maximum absolute atomic E-state index is 11.4. The van der Waals surface area contributed by atoms with Crippen LogP contribution in [0.25, 0.3) is 0 Å². The molecule has 1 aromatic carbocycles. The Morgan fingerprint density at radius 2 is 2.00 bits per heavy atom. The van der Waals surface area contributed by atoms with Crippen molar-refractivity contribution in [2.75, 3.05) is 11.1 Å². The Kier molecular flexibility index (Phi) is 4.27. The maximum Gasteiger partial charge on any atom is 0.250 e. The average molecular weight is 263 g/mol. The molecule has 2 atom stereocenters. The van der Waals surface area contributed by atoms with Gasteiger partial charge in [0.1, 0.15) is 0 Å². The number of hydrogen-bond acceptors (Lipinski definition) is 4. The maximum atomic E-state index is 11.4. The van der Waals surface area contributed by atoms with Crippen LogP contribution in [0.3, 0.4) is 0 Å². The molecule has 6 N–H and O–H groups in total. The van der Waals surface area contributed by atoms with Crippen molar-refractivity contribution in [3.8, 4) is 0 Å².